The molecule has 3 aromatic rings. The van der Waals surface area contributed by atoms with Gasteiger partial charge < -0.3 is 14.6 Å². The van der Waals surface area contributed by atoms with Crippen LogP contribution in [-0.4, -0.2) is 34.6 Å². The molecular weight excluding hydrogens is 316 g/mol. The van der Waals surface area contributed by atoms with Crippen LogP contribution in [0.4, 0.5) is 4.79 Å². The second-order valence-corrected chi connectivity index (χ2v) is 6.23. The molecule has 0 atom stereocenters. The van der Waals surface area contributed by atoms with Crippen molar-refractivity contribution in [2.24, 2.45) is 7.05 Å². The number of nitrogens with zero attached hydrogens (tertiary/aromatic N) is 3. The molecule has 0 saturated heterocycles. The van der Waals surface area contributed by atoms with Crippen molar-refractivity contribution in [2.45, 2.75) is 6.54 Å². The van der Waals surface area contributed by atoms with Gasteiger partial charge in [-0.2, -0.15) is 0 Å². The number of aryl methyl sites for hydroxylation is 1. The van der Waals surface area contributed by atoms with Gasteiger partial charge in [0.05, 0.1) is 17.8 Å². The SMILES string of the molecule is CN(C)C(=O)NCc1nc(-c2ccc3c(c2)oc(=O)n3C)cs1. The highest BCUT2D eigenvalue weighted by atomic mass is 32.1. The number of nitrogens with one attached hydrogen (secondary N) is 1. The Balaban J connectivity index is 1.82. The highest BCUT2D eigenvalue weighted by Gasteiger charge is 2.11. The van der Waals surface area contributed by atoms with Gasteiger partial charge in [0.25, 0.3) is 0 Å². The lowest BCUT2D eigenvalue weighted by molar-refractivity contribution is 0.217. The van der Waals surface area contributed by atoms with Crippen LogP contribution in [0, 0.1) is 0 Å². The molecule has 1 N–H and O–H groups in total. The molecule has 0 spiro atoms. The molecule has 8 heteroatoms. The maximum absolute atomic E-state index is 11.5. The summed E-state index contributed by atoms with van der Waals surface area (Å²) in [4.78, 5) is 29.0. The third-order valence-corrected chi connectivity index (χ3v) is 4.29. The molecule has 2 amide bonds. The van der Waals surface area contributed by atoms with E-state index in [4.69, 9.17) is 4.42 Å². The van der Waals surface area contributed by atoms with E-state index >= 15 is 0 Å². The van der Waals surface area contributed by atoms with Crippen LogP contribution in [0.15, 0.2) is 32.8 Å². The van der Waals surface area contributed by atoms with Crippen LogP contribution in [-0.2, 0) is 13.6 Å². The van der Waals surface area contributed by atoms with Gasteiger partial charge in [-0.1, -0.05) is 6.07 Å². The Morgan fingerprint density at radius 2 is 2.22 bits per heavy atom. The molecule has 0 saturated carbocycles. The molecule has 2 aromatic heterocycles. The number of fused-ring (bicyclic) bond motifs is 1. The summed E-state index contributed by atoms with van der Waals surface area (Å²) in [5.41, 5.74) is 2.93. The van der Waals surface area contributed by atoms with Crippen LogP contribution < -0.4 is 11.1 Å². The van der Waals surface area contributed by atoms with Crippen LogP contribution in [0.2, 0.25) is 0 Å². The van der Waals surface area contributed by atoms with E-state index in [1.165, 1.54) is 20.8 Å². The minimum Gasteiger partial charge on any atom is -0.408 e. The number of urea groups is 1. The minimum absolute atomic E-state index is 0.158. The molecule has 0 unspecified atom stereocenters. The van der Waals surface area contributed by atoms with E-state index in [0.717, 1.165) is 21.8 Å². The molecule has 0 aliphatic rings. The molecule has 0 radical (unpaired) electrons. The largest absolute Gasteiger partial charge is 0.419 e. The molecule has 1 aromatic carbocycles. The maximum atomic E-state index is 11.5. The summed E-state index contributed by atoms with van der Waals surface area (Å²) < 4.78 is 6.65. The van der Waals surface area contributed by atoms with E-state index in [-0.39, 0.29) is 11.8 Å². The van der Waals surface area contributed by atoms with Crippen LogP contribution in [0.25, 0.3) is 22.4 Å². The maximum Gasteiger partial charge on any atom is 0.419 e. The second kappa shape index (κ2) is 5.88. The normalized spacial score (nSPS) is 10.9. The summed E-state index contributed by atoms with van der Waals surface area (Å²) in [5, 5.41) is 5.50. The Morgan fingerprint density at radius 3 is 2.96 bits per heavy atom. The summed E-state index contributed by atoms with van der Waals surface area (Å²) in [6, 6.07) is 5.37. The van der Waals surface area contributed by atoms with Crippen molar-refractivity contribution in [1.82, 2.24) is 19.8 Å². The Kier molecular flexibility index (Phi) is 3.91. The molecule has 0 aliphatic heterocycles. The number of amides is 2. The lowest BCUT2D eigenvalue weighted by Gasteiger charge is -2.10. The van der Waals surface area contributed by atoms with Gasteiger partial charge in [-0.3, -0.25) is 4.57 Å². The average Bonchev–Trinajstić information content (AvgIpc) is 3.10. The number of oxazole rings is 1. The first kappa shape index (κ1) is 15.3. The van der Waals surface area contributed by atoms with Gasteiger partial charge in [0.1, 0.15) is 5.01 Å². The van der Waals surface area contributed by atoms with E-state index in [9.17, 15) is 9.59 Å². The molecule has 0 fully saturated rings. The van der Waals surface area contributed by atoms with Crippen molar-refractivity contribution < 1.29 is 9.21 Å². The molecule has 0 bridgehead atoms. The zero-order valence-corrected chi connectivity index (χ0v) is 13.8. The van der Waals surface area contributed by atoms with Gasteiger partial charge in [0, 0.05) is 32.1 Å². The zero-order valence-electron chi connectivity index (χ0n) is 13.0. The first-order valence-electron chi connectivity index (χ1n) is 6.95. The van der Waals surface area contributed by atoms with E-state index in [2.05, 4.69) is 10.3 Å². The average molecular weight is 332 g/mol. The molecule has 23 heavy (non-hydrogen) atoms. The van der Waals surface area contributed by atoms with E-state index in [0.29, 0.717) is 12.1 Å². The quantitative estimate of drug-likeness (QED) is 0.796. The van der Waals surface area contributed by atoms with Crippen molar-refractivity contribution in [2.75, 3.05) is 14.1 Å². The van der Waals surface area contributed by atoms with Crippen molar-refractivity contribution in [1.29, 1.82) is 0 Å². The van der Waals surface area contributed by atoms with E-state index in [1.807, 2.05) is 17.5 Å². The first-order chi connectivity index (χ1) is 11.0. The first-order valence-corrected chi connectivity index (χ1v) is 7.83. The Bertz CT molecular complexity index is 922. The van der Waals surface area contributed by atoms with Gasteiger partial charge in [0.2, 0.25) is 0 Å². The van der Waals surface area contributed by atoms with Crippen molar-refractivity contribution in [3.8, 4) is 11.3 Å². The van der Waals surface area contributed by atoms with Gasteiger partial charge in [-0.05, 0) is 12.1 Å². The number of rotatable bonds is 3. The van der Waals surface area contributed by atoms with E-state index < -0.39 is 0 Å². The summed E-state index contributed by atoms with van der Waals surface area (Å²) >= 11 is 1.47. The fourth-order valence-corrected chi connectivity index (χ4v) is 2.87. The fraction of sp³-hybridized carbons (Fsp3) is 0.267. The Morgan fingerprint density at radius 1 is 1.43 bits per heavy atom. The van der Waals surface area contributed by atoms with Crippen LogP contribution in [0.3, 0.4) is 0 Å². The van der Waals surface area contributed by atoms with Gasteiger partial charge in [0.15, 0.2) is 5.58 Å². The van der Waals surface area contributed by atoms with Crippen LogP contribution >= 0.6 is 11.3 Å². The fourth-order valence-electron chi connectivity index (χ4n) is 2.13. The number of hydrogen-bond donors (Lipinski definition) is 1. The number of carbonyl (C=O) groups is 1. The van der Waals surface area contributed by atoms with Crippen LogP contribution in [0.1, 0.15) is 5.01 Å². The van der Waals surface area contributed by atoms with Crippen molar-refractivity contribution in [3.63, 3.8) is 0 Å². The highest BCUT2D eigenvalue weighted by Crippen LogP contribution is 2.25. The number of hydrogen-bond acceptors (Lipinski definition) is 5. The minimum atomic E-state index is -0.387. The number of aromatic nitrogens is 2. The third kappa shape index (κ3) is 2.98. The lowest BCUT2D eigenvalue weighted by Crippen LogP contribution is -2.33. The monoisotopic (exact) mass is 332 g/mol. The molecular formula is C15H16N4O3S. The van der Waals surface area contributed by atoms with Gasteiger partial charge in [-0.25, -0.2) is 14.6 Å². The topological polar surface area (TPSA) is 80.4 Å². The highest BCUT2D eigenvalue weighted by molar-refractivity contribution is 7.09. The summed E-state index contributed by atoms with van der Waals surface area (Å²) in [5.74, 6) is -0.387. The van der Waals surface area contributed by atoms with Crippen molar-refractivity contribution >= 4 is 28.5 Å². The lowest BCUT2D eigenvalue weighted by atomic mass is 10.1. The van der Waals surface area contributed by atoms with Gasteiger partial charge >= 0.3 is 11.8 Å². The smallest absolute Gasteiger partial charge is 0.408 e. The van der Waals surface area contributed by atoms with Gasteiger partial charge in [-0.15, -0.1) is 11.3 Å². The molecule has 2 heterocycles. The molecule has 0 aliphatic carbocycles. The summed E-state index contributed by atoms with van der Waals surface area (Å²) in [7, 11) is 5.04. The molecule has 7 nitrogen and oxygen atoms in total. The standard InChI is InChI=1S/C15H16N4O3S/c1-18(2)14(20)16-7-13-17-10(8-23-13)9-4-5-11-12(6-9)22-15(21)19(11)3/h4-6,8H,7H2,1-3H3,(H,16,20). The Labute approximate surface area is 136 Å². The second-order valence-electron chi connectivity index (χ2n) is 5.29. The summed E-state index contributed by atoms with van der Waals surface area (Å²) in [6.45, 7) is 0.379. The predicted octanol–water partition coefficient (Wildman–Crippen LogP) is 2.03. The Hall–Kier alpha value is -2.61. The van der Waals surface area contributed by atoms with E-state index in [1.54, 1.807) is 27.2 Å². The molecule has 3 rings (SSSR count). The number of thiazole rings is 1. The summed E-state index contributed by atoms with van der Waals surface area (Å²) in [6.07, 6.45) is 0. The van der Waals surface area contributed by atoms with Crippen LogP contribution in [0.5, 0.6) is 0 Å². The number of benzene rings is 1. The number of carbonyl (C=O) groups excluding carboxylic acids is 1. The van der Waals surface area contributed by atoms with Crippen molar-refractivity contribution in [3.05, 3.63) is 39.1 Å². The third-order valence-electron chi connectivity index (χ3n) is 3.44. The predicted molar refractivity (Wildman–Crippen MR) is 88.5 cm³/mol. The molecule has 120 valence electrons. The zero-order chi connectivity index (χ0) is 16.6.